The van der Waals surface area contributed by atoms with Crippen molar-refractivity contribution in [3.05, 3.63) is 66.0 Å². The Morgan fingerprint density at radius 3 is 2.58 bits per heavy atom. The van der Waals surface area contributed by atoms with Gasteiger partial charge in [-0.3, -0.25) is 19.7 Å². The first kappa shape index (κ1) is 19.5. The van der Waals surface area contributed by atoms with Crippen LogP contribution >= 0.6 is 0 Å². The number of nitrogens with zero attached hydrogens (tertiary/aromatic N) is 4. The Morgan fingerprint density at radius 1 is 1.03 bits per heavy atom. The van der Waals surface area contributed by atoms with Crippen molar-refractivity contribution >= 4 is 17.5 Å². The quantitative estimate of drug-likeness (QED) is 0.712. The normalized spacial score (nSPS) is 18.8. The maximum atomic E-state index is 13.3. The van der Waals surface area contributed by atoms with E-state index in [0.717, 1.165) is 17.8 Å². The first-order valence-corrected chi connectivity index (χ1v) is 10.8. The molecule has 2 aromatic heterocycles. The van der Waals surface area contributed by atoms with E-state index in [0.29, 0.717) is 37.3 Å². The second-order valence-electron chi connectivity index (χ2n) is 8.34. The molecule has 0 aliphatic carbocycles. The minimum absolute atomic E-state index is 0.0523. The molecule has 7 heteroatoms. The summed E-state index contributed by atoms with van der Waals surface area (Å²) in [6.07, 6.45) is 3.96. The summed E-state index contributed by atoms with van der Waals surface area (Å²) in [7, 11) is 0. The predicted octanol–water partition coefficient (Wildman–Crippen LogP) is 3.30. The second kappa shape index (κ2) is 7.98. The number of nitrogens with one attached hydrogen (secondary N) is 1. The SMILES string of the molecule is CC1Cc2ccccc2N1C(=O)C1CCN(C(=O)c2cc(-c3ccccn3)n[nH]2)CC1. The number of hydrogen-bond donors (Lipinski definition) is 1. The zero-order valence-corrected chi connectivity index (χ0v) is 17.5. The molecule has 2 aliphatic rings. The number of carbonyl (C=O) groups excluding carboxylic acids is 2. The number of amides is 2. The first-order valence-electron chi connectivity index (χ1n) is 10.8. The van der Waals surface area contributed by atoms with Gasteiger partial charge in [-0.05, 0) is 56.0 Å². The Morgan fingerprint density at radius 2 is 1.81 bits per heavy atom. The summed E-state index contributed by atoms with van der Waals surface area (Å²) >= 11 is 0. The molecule has 1 saturated heterocycles. The molecule has 0 spiro atoms. The maximum Gasteiger partial charge on any atom is 0.271 e. The lowest BCUT2D eigenvalue weighted by molar-refractivity contribution is -0.124. The molecule has 1 N–H and O–H groups in total. The van der Waals surface area contributed by atoms with E-state index < -0.39 is 0 Å². The van der Waals surface area contributed by atoms with Crippen molar-refractivity contribution in [3.8, 4) is 11.4 Å². The van der Waals surface area contributed by atoms with Crippen LogP contribution in [0.15, 0.2) is 54.7 Å². The van der Waals surface area contributed by atoms with Crippen molar-refractivity contribution in [3.63, 3.8) is 0 Å². The van der Waals surface area contributed by atoms with Crippen molar-refractivity contribution < 1.29 is 9.59 Å². The number of para-hydroxylation sites is 1. The lowest BCUT2D eigenvalue weighted by Gasteiger charge is -2.34. The van der Waals surface area contributed by atoms with E-state index >= 15 is 0 Å². The third-order valence-corrected chi connectivity index (χ3v) is 6.31. The molecular weight excluding hydrogens is 390 g/mol. The predicted molar refractivity (Wildman–Crippen MR) is 118 cm³/mol. The molecule has 0 bridgehead atoms. The number of benzene rings is 1. The molecule has 2 aliphatic heterocycles. The van der Waals surface area contributed by atoms with E-state index in [4.69, 9.17) is 0 Å². The summed E-state index contributed by atoms with van der Waals surface area (Å²) in [6, 6.07) is 15.7. The van der Waals surface area contributed by atoms with Crippen molar-refractivity contribution in [2.24, 2.45) is 5.92 Å². The van der Waals surface area contributed by atoms with Crippen molar-refractivity contribution in [1.82, 2.24) is 20.1 Å². The molecule has 7 nitrogen and oxygen atoms in total. The van der Waals surface area contributed by atoms with Gasteiger partial charge in [0.05, 0.1) is 5.69 Å². The summed E-state index contributed by atoms with van der Waals surface area (Å²) in [5.74, 6) is 0.0486. The standard InChI is InChI=1S/C24H25N5O2/c1-16-14-18-6-2-3-8-22(18)29(16)23(30)17-9-12-28(13-10-17)24(31)21-15-20(26-27-21)19-7-4-5-11-25-19/h2-8,11,15-17H,9-10,12-14H2,1H3,(H,26,27). The molecule has 1 aromatic carbocycles. The molecule has 0 saturated carbocycles. The van der Waals surface area contributed by atoms with E-state index in [1.807, 2.05) is 41.3 Å². The van der Waals surface area contributed by atoms with Crippen LogP contribution in [-0.4, -0.2) is 51.0 Å². The van der Waals surface area contributed by atoms with Crippen LogP contribution in [0, 0.1) is 5.92 Å². The zero-order chi connectivity index (χ0) is 21.4. The summed E-state index contributed by atoms with van der Waals surface area (Å²) < 4.78 is 0. The summed E-state index contributed by atoms with van der Waals surface area (Å²) in [5, 5.41) is 7.07. The number of rotatable bonds is 3. The highest BCUT2D eigenvalue weighted by Crippen LogP contribution is 2.34. The molecular formula is C24H25N5O2. The average molecular weight is 415 g/mol. The topological polar surface area (TPSA) is 82.2 Å². The Labute approximate surface area is 181 Å². The smallest absolute Gasteiger partial charge is 0.271 e. The van der Waals surface area contributed by atoms with Gasteiger partial charge < -0.3 is 9.80 Å². The molecule has 3 aromatic rings. The van der Waals surface area contributed by atoms with E-state index in [-0.39, 0.29) is 23.8 Å². The Bertz CT molecular complexity index is 1100. The molecule has 158 valence electrons. The number of anilines is 1. The third kappa shape index (κ3) is 3.60. The molecule has 1 fully saturated rings. The van der Waals surface area contributed by atoms with Crippen molar-refractivity contribution in [2.75, 3.05) is 18.0 Å². The van der Waals surface area contributed by atoms with Crippen LogP contribution in [0.3, 0.4) is 0 Å². The fourth-order valence-electron chi connectivity index (χ4n) is 4.67. The van der Waals surface area contributed by atoms with Crippen LogP contribution in [-0.2, 0) is 11.2 Å². The highest BCUT2D eigenvalue weighted by molar-refractivity contribution is 5.98. The highest BCUT2D eigenvalue weighted by atomic mass is 16.2. The van der Waals surface area contributed by atoms with Crippen LogP contribution < -0.4 is 4.90 Å². The zero-order valence-electron chi connectivity index (χ0n) is 17.5. The van der Waals surface area contributed by atoms with Gasteiger partial charge in [0, 0.05) is 36.9 Å². The van der Waals surface area contributed by atoms with Gasteiger partial charge in [0.15, 0.2) is 0 Å². The van der Waals surface area contributed by atoms with Gasteiger partial charge in [0.2, 0.25) is 5.91 Å². The van der Waals surface area contributed by atoms with Crippen molar-refractivity contribution in [2.45, 2.75) is 32.2 Å². The molecule has 4 heterocycles. The Balaban J connectivity index is 1.23. The number of aromatic amines is 1. The van der Waals surface area contributed by atoms with Crippen LogP contribution in [0.5, 0.6) is 0 Å². The monoisotopic (exact) mass is 415 g/mol. The summed E-state index contributed by atoms with van der Waals surface area (Å²) in [4.78, 5) is 34.3. The Kier molecular flexibility index (Phi) is 5.02. The summed E-state index contributed by atoms with van der Waals surface area (Å²) in [6.45, 7) is 3.24. The fourth-order valence-corrected chi connectivity index (χ4v) is 4.67. The molecule has 1 atom stereocenters. The number of pyridine rings is 1. The molecule has 1 unspecified atom stereocenters. The van der Waals surface area contributed by atoms with Crippen molar-refractivity contribution in [1.29, 1.82) is 0 Å². The van der Waals surface area contributed by atoms with Gasteiger partial charge in [-0.1, -0.05) is 24.3 Å². The van der Waals surface area contributed by atoms with Gasteiger partial charge >= 0.3 is 0 Å². The number of hydrogen-bond acceptors (Lipinski definition) is 4. The third-order valence-electron chi connectivity index (χ3n) is 6.31. The summed E-state index contributed by atoms with van der Waals surface area (Å²) in [5.41, 5.74) is 4.10. The average Bonchev–Trinajstić information content (AvgIpc) is 3.43. The highest BCUT2D eigenvalue weighted by Gasteiger charge is 2.36. The second-order valence-corrected chi connectivity index (χ2v) is 8.34. The number of carbonyl (C=O) groups is 2. The van der Waals surface area contributed by atoms with E-state index in [9.17, 15) is 9.59 Å². The minimum Gasteiger partial charge on any atom is -0.337 e. The number of likely N-dealkylation sites (tertiary alicyclic amines) is 1. The molecule has 2 amide bonds. The van der Waals surface area contributed by atoms with Gasteiger partial charge in [0.25, 0.3) is 5.91 Å². The lowest BCUT2D eigenvalue weighted by atomic mass is 9.94. The van der Waals surface area contributed by atoms with Gasteiger partial charge in [-0.2, -0.15) is 5.10 Å². The van der Waals surface area contributed by atoms with Crippen LogP contribution in [0.1, 0.15) is 35.8 Å². The number of aromatic nitrogens is 3. The number of H-pyrrole nitrogens is 1. The van der Waals surface area contributed by atoms with E-state index in [1.54, 1.807) is 17.2 Å². The maximum absolute atomic E-state index is 13.3. The molecule has 5 rings (SSSR count). The van der Waals surface area contributed by atoms with E-state index in [1.165, 1.54) is 5.56 Å². The van der Waals surface area contributed by atoms with Gasteiger partial charge in [-0.15, -0.1) is 0 Å². The minimum atomic E-state index is -0.0829. The fraction of sp³-hybridized carbons (Fsp3) is 0.333. The van der Waals surface area contributed by atoms with Crippen LogP contribution in [0.25, 0.3) is 11.4 Å². The molecule has 0 radical (unpaired) electrons. The Hall–Kier alpha value is -3.48. The van der Waals surface area contributed by atoms with Gasteiger partial charge in [-0.25, -0.2) is 0 Å². The van der Waals surface area contributed by atoms with Gasteiger partial charge in [0.1, 0.15) is 11.4 Å². The lowest BCUT2D eigenvalue weighted by Crippen LogP contribution is -2.46. The van der Waals surface area contributed by atoms with Crippen LogP contribution in [0.4, 0.5) is 5.69 Å². The number of fused-ring (bicyclic) bond motifs is 1. The largest absolute Gasteiger partial charge is 0.337 e. The van der Waals surface area contributed by atoms with E-state index in [2.05, 4.69) is 28.2 Å². The number of piperidine rings is 1. The molecule has 31 heavy (non-hydrogen) atoms. The first-order chi connectivity index (χ1) is 15.1. The van der Waals surface area contributed by atoms with Crippen LogP contribution in [0.2, 0.25) is 0 Å².